The van der Waals surface area contributed by atoms with Crippen molar-refractivity contribution in [2.75, 3.05) is 6.61 Å². The average Bonchev–Trinajstić information content (AvgIpc) is 2.46. The van der Waals surface area contributed by atoms with E-state index in [4.69, 9.17) is 4.74 Å². The molecule has 0 unspecified atom stereocenters. The summed E-state index contributed by atoms with van der Waals surface area (Å²) < 4.78 is 4.92. The number of carbonyl (C=O) groups excluding carboxylic acids is 1. The fourth-order valence-corrected chi connectivity index (χ4v) is 1.68. The first kappa shape index (κ1) is 13.9. The second-order valence-electron chi connectivity index (χ2n) is 4.31. The fourth-order valence-electron chi connectivity index (χ4n) is 1.68. The Bertz CT molecular complexity index is 619. The summed E-state index contributed by atoms with van der Waals surface area (Å²) in [5.41, 5.74) is 3.15. The van der Waals surface area contributed by atoms with Gasteiger partial charge in [0.2, 0.25) is 0 Å². The molecule has 2 aromatic rings. The van der Waals surface area contributed by atoms with E-state index in [2.05, 4.69) is 10.2 Å². The molecule has 0 N–H and O–H groups in total. The third-order valence-electron chi connectivity index (χ3n) is 2.66. The maximum absolute atomic E-state index is 11.5. The van der Waals surface area contributed by atoms with Gasteiger partial charge >= 0.3 is 5.97 Å². The highest BCUT2D eigenvalue weighted by Gasteiger charge is 2.05. The first-order valence-electron chi connectivity index (χ1n) is 6.44. The molecule has 0 aliphatic heterocycles. The lowest BCUT2D eigenvalue weighted by Crippen LogP contribution is -2.03. The zero-order chi connectivity index (χ0) is 14.4. The molecular formula is C16H16N2O2. The van der Waals surface area contributed by atoms with E-state index >= 15 is 0 Å². The van der Waals surface area contributed by atoms with Crippen LogP contribution in [-0.2, 0) is 4.74 Å². The van der Waals surface area contributed by atoms with Crippen LogP contribution in [-0.4, -0.2) is 12.6 Å². The zero-order valence-corrected chi connectivity index (χ0v) is 11.5. The summed E-state index contributed by atoms with van der Waals surface area (Å²) in [5.74, 6) is -0.324. The van der Waals surface area contributed by atoms with Crippen LogP contribution in [0.2, 0.25) is 0 Å². The first-order chi connectivity index (χ1) is 9.69. The average molecular weight is 268 g/mol. The molecule has 0 spiro atoms. The van der Waals surface area contributed by atoms with Crippen molar-refractivity contribution in [3.8, 4) is 0 Å². The number of carbonyl (C=O) groups is 1. The molecule has 20 heavy (non-hydrogen) atoms. The molecule has 0 aliphatic rings. The Morgan fingerprint density at radius 3 is 2.40 bits per heavy atom. The summed E-state index contributed by atoms with van der Waals surface area (Å²) in [6, 6.07) is 14.6. The molecule has 0 radical (unpaired) electrons. The van der Waals surface area contributed by atoms with E-state index in [0.717, 1.165) is 11.3 Å². The molecule has 0 bridgehead atoms. The van der Waals surface area contributed by atoms with Crippen LogP contribution >= 0.6 is 0 Å². The SMILES string of the molecule is CCOC(=O)c1ccc(N=Nc2cccc(C)c2)cc1. The number of esters is 1. The van der Waals surface area contributed by atoms with E-state index in [1.165, 1.54) is 0 Å². The summed E-state index contributed by atoms with van der Waals surface area (Å²) in [4.78, 5) is 11.5. The largest absolute Gasteiger partial charge is 0.462 e. The third kappa shape index (κ3) is 3.75. The van der Waals surface area contributed by atoms with Crippen LogP contribution in [0, 0.1) is 6.92 Å². The summed E-state index contributed by atoms with van der Waals surface area (Å²) in [5, 5.41) is 8.29. The van der Waals surface area contributed by atoms with E-state index in [-0.39, 0.29) is 5.97 Å². The smallest absolute Gasteiger partial charge is 0.338 e. The molecule has 4 nitrogen and oxygen atoms in total. The Hall–Kier alpha value is -2.49. The van der Waals surface area contributed by atoms with E-state index in [9.17, 15) is 4.79 Å². The van der Waals surface area contributed by atoms with Gasteiger partial charge in [0, 0.05) is 0 Å². The van der Waals surface area contributed by atoms with Gasteiger partial charge in [-0.1, -0.05) is 12.1 Å². The number of rotatable bonds is 4. The van der Waals surface area contributed by atoms with E-state index in [0.29, 0.717) is 17.9 Å². The summed E-state index contributed by atoms with van der Waals surface area (Å²) in [6.45, 7) is 4.16. The molecule has 0 saturated heterocycles. The Morgan fingerprint density at radius 1 is 1.05 bits per heavy atom. The van der Waals surface area contributed by atoms with Crippen LogP contribution in [0.1, 0.15) is 22.8 Å². The number of benzene rings is 2. The standard InChI is InChI=1S/C16H16N2O2/c1-3-20-16(19)13-7-9-14(10-8-13)17-18-15-6-4-5-12(2)11-15/h4-11H,3H2,1-2H3. The van der Waals surface area contributed by atoms with Gasteiger partial charge in [0.15, 0.2) is 0 Å². The summed E-state index contributed by atoms with van der Waals surface area (Å²) >= 11 is 0. The number of aryl methyl sites for hydroxylation is 1. The third-order valence-corrected chi connectivity index (χ3v) is 2.66. The second-order valence-corrected chi connectivity index (χ2v) is 4.31. The van der Waals surface area contributed by atoms with Gasteiger partial charge in [-0.25, -0.2) is 4.79 Å². The first-order valence-corrected chi connectivity index (χ1v) is 6.44. The van der Waals surface area contributed by atoms with Crippen molar-refractivity contribution in [1.82, 2.24) is 0 Å². The van der Waals surface area contributed by atoms with Crippen molar-refractivity contribution in [2.24, 2.45) is 10.2 Å². The van der Waals surface area contributed by atoms with Gasteiger partial charge in [-0.15, -0.1) is 0 Å². The van der Waals surface area contributed by atoms with Crippen molar-refractivity contribution < 1.29 is 9.53 Å². The molecule has 2 aromatic carbocycles. The molecule has 0 atom stereocenters. The molecule has 0 aliphatic carbocycles. The van der Waals surface area contributed by atoms with Crippen LogP contribution in [0.25, 0.3) is 0 Å². The molecule has 0 saturated carbocycles. The Balaban J connectivity index is 2.09. The van der Waals surface area contributed by atoms with Gasteiger partial charge in [-0.05, 0) is 55.8 Å². The maximum Gasteiger partial charge on any atom is 0.338 e. The van der Waals surface area contributed by atoms with Gasteiger partial charge < -0.3 is 4.74 Å². The lowest BCUT2D eigenvalue weighted by Gasteiger charge is -2.01. The molecule has 102 valence electrons. The number of hydrogen-bond donors (Lipinski definition) is 0. The van der Waals surface area contributed by atoms with Crippen LogP contribution in [0.5, 0.6) is 0 Å². The molecule has 2 rings (SSSR count). The van der Waals surface area contributed by atoms with Crippen molar-refractivity contribution in [3.05, 3.63) is 59.7 Å². The minimum atomic E-state index is -0.324. The highest BCUT2D eigenvalue weighted by Crippen LogP contribution is 2.19. The van der Waals surface area contributed by atoms with Crippen LogP contribution < -0.4 is 0 Å². The molecular weight excluding hydrogens is 252 g/mol. The van der Waals surface area contributed by atoms with Crippen LogP contribution in [0.4, 0.5) is 11.4 Å². The van der Waals surface area contributed by atoms with E-state index < -0.39 is 0 Å². The predicted molar refractivity (Wildman–Crippen MR) is 77.8 cm³/mol. The van der Waals surface area contributed by atoms with Crippen molar-refractivity contribution in [1.29, 1.82) is 0 Å². The highest BCUT2D eigenvalue weighted by molar-refractivity contribution is 5.89. The minimum Gasteiger partial charge on any atom is -0.462 e. The van der Waals surface area contributed by atoms with Crippen LogP contribution in [0.15, 0.2) is 58.8 Å². The Morgan fingerprint density at radius 2 is 1.75 bits per heavy atom. The minimum absolute atomic E-state index is 0.324. The Labute approximate surface area is 118 Å². The zero-order valence-electron chi connectivity index (χ0n) is 11.5. The lowest BCUT2D eigenvalue weighted by molar-refractivity contribution is 0.0526. The fraction of sp³-hybridized carbons (Fsp3) is 0.188. The molecule has 0 fully saturated rings. The highest BCUT2D eigenvalue weighted by atomic mass is 16.5. The molecule has 4 heteroatoms. The monoisotopic (exact) mass is 268 g/mol. The number of nitrogens with zero attached hydrogens (tertiary/aromatic N) is 2. The lowest BCUT2D eigenvalue weighted by atomic mass is 10.2. The normalized spacial score (nSPS) is 10.7. The molecule has 0 amide bonds. The molecule has 0 aromatic heterocycles. The number of ether oxygens (including phenoxy) is 1. The van der Waals surface area contributed by atoms with Gasteiger partial charge in [0.05, 0.1) is 23.5 Å². The van der Waals surface area contributed by atoms with E-state index in [1.54, 1.807) is 31.2 Å². The van der Waals surface area contributed by atoms with Crippen LogP contribution in [0.3, 0.4) is 0 Å². The second kappa shape index (κ2) is 6.61. The van der Waals surface area contributed by atoms with Gasteiger partial charge in [0.25, 0.3) is 0 Å². The predicted octanol–water partition coefficient (Wildman–Crippen LogP) is 4.59. The van der Waals surface area contributed by atoms with E-state index in [1.807, 2.05) is 31.2 Å². The van der Waals surface area contributed by atoms with Crippen molar-refractivity contribution >= 4 is 17.3 Å². The van der Waals surface area contributed by atoms with Gasteiger partial charge in [-0.2, -0.15) is 10.2 Å². The number of hydrogen-bond acceptors (Lipinski definition) is 4. The van der Waals surface area contributed by atoms with Gasteiger partial charge in [-0.3, -0.25) is 0 Å². The Kier molecular flexibility index (Phi) is 4.60. The topological polar surface area (TPSA) is 51.0 Å². The summed E-state index contributed by atoms with van der Waals surface area (Å²) in [6.07, 6.45) is 0. The quantitative estimate of drug-likeness (QED) is 0.601. The summed E-state index contributed by atoms with van der Waals surface area (Å²) in [7, 11) is 0. The number of azo groups is 1. The van der Waals surface area contributed by atoms with Crippen molar-refractivity contribution in [3.63, 3.8) is 0 Å². The molecule has 0 heterocycles. The van der Waals surface area contributed by atoms with Gasteiger partial charge in [0.1, 0.15) is 0 Å². The maximum atomic E-state index is 11.5. The van der Waals surface area contributed by atoms with Crippen molar-refractivity contribution in [2.45, 2.75) is 13.8 Å².